The van der Waals surface area contributed by atoms with Crippen LogP contribution in [0.25, 0.3) is 5.69 Å². The van der Waals surface area contributed by atoms with Crippen molar-refractivity contribution in [3.8, 4) is 5.69 Å². The Hall–Kier alpha value is -1.98. The summed E-state index contributed by atoms with van der Waals surface area (Å²) >= 11 is 0. The molecule has 0 spiro atoms. The lowest BCUT2D eigenvalue weighted by atomic mass is 10.2. The second-order valence-corrected chi connectivity index (χ2v) is 3.18. The monoisotopic (exact) mass is 227 g/mol. The SMILES string of the molecule is Nc1ccccc1-n1nccc1C(F)(F)F. The minimum atomic E-state index is -4.45. The summed E-state index contributed by atoms with van der Waals surface area (Å²) in [6.45, 7) is 0. The lowest BCUT2D eigenvalue weighted by Crippen LogP contribution is -2.14. The van der Waals surface area contributed by atoms with Crippen LogP contribution >= 0.6 is 0 Å². The number of aromatic nitrogens is 2. The lowest BCUT2D eigenvalue weighted by Gasteiger charge is -2.11. The van der Waals surface area contributed by atoms with E-state index in [0.29, 0.717) is 0 Å². The molecule has 0 atom stereocenters. The van der Waals surface area contributed by atoms with Gasteiger partial charge in [0, 0.05) is 0 Å². The molecule has 3 nitrogen and oxygen atoms in total. The van der Waals surface area contributed by atoms with Crippen molar-refractivity contribution in [2.45, 2.75) is 6.18 Å². The molecule has 2 N–H and O–H groups in total. The van der Waals surface area contributed by atoms with Gasteiger partial charge in [0.05, 0.1) is 17.6 Å². The van der Waals surface area contributed by atoms with Gasteiger partial charge in [-0.2, -0.15) is 18.3 Å². The second kappa shape index (κ2) is 3.55. The van der Waals surface area contributed by atoms with Crippen molar-refractivity contribution in [3.05, 3.63) is 42.2 Å². The predicted molar refractivity (Wildman–Crippen MR) is 53.0 cm³/mol. The molecule has 0 radical (unpaired) electrons. The summed E-state index contributed by atoms with van der Waals surface area (Å²) in [6.07, 6.45) is -3.35. The molecule has 2 rings (SSSR count). The molecule has 0 amide bonds. The van der Waals surface area contributed by atoms with Gasteiger partial charge in [-0.3, -0.25) is 0 Å². The van der Waals surface area contributed by atoms with E-state index < -0.39 is 11.9 Å². The zero-order valence-corrected chi connectivity index (χ0v) is 8.07. The zero-order chi connectivity index (χ0) is 11.8. The number of alkyl halides is 3. The molecule has 6 heteroatoms. The van der Waals surface area contributed by atoms with Crippen LogP contribution in [0, 0.1) is 0 Å². The average molecular weight is 227 g/mol. The molecule has 16 heavy (non-hydrogen) atoms. The Labute approximate surface area is 89.3 Å². The molecular weight excluding hydrogens is 219 g/mol. The van der Waals surface area contributed by atoms with Crippen LogP contribution < -0.4 is 5.73 Å². The predicted octanol–water partition coefficient (Wildman–Crippen LogP) is 2.47. The standard InChI is InChI=1S/C10H8F3N3/c11-10(12,13)9-5-6-15-16(9)8-4-2-1-3-7(8)14/h1-6H,14H2. The highest BCUT2D eigenvalue weighted by atomic mass is 19.4. The first-order valence-corrected chi connectivity index (χ1v) is 4.46. The number of hydrogen-bond donors (Lipinski definition) is 1. The third-order valence-electron chi connectivity index (χ3n) is 2.10. The number of nitrogens with two attached hydrogens (primary N) is 1. The summed E-state index contributed by atoms with van der Waals surface area (Å²) in [5, 5.41) is 3.63. The van der Waals surface area contributed by atoms with Crippen LogP contribution in [0.4, 0.5) is 18.9 Å². The van der Waals surface area contributed by atoms with Crippen LogP contribution in [0.15, 0.2) is 36.5 Å². The van der Waals surface area contributed by atoms with E-state index in [2.05, 4.69) is 5.10 Å². The fourth-order valence-corrected chi connectivity index (χ4v) is 1.39. The molecule has 1 heterocycles. The molecule has 0 saturated carbocycles. The number of nitrogen functional groups attached to an aromatic ring is 1. The largest absolute Gasteiger partial charge is 0.433 e. The highest BCUT2D eigenvalue weighted by molar-refractivity contribution is 5.57. The van der Waals surface area contributed by atoms with Gasteiger partial charge >= 0.3 is 6.18 Å². The summed E-state index contributed by atoms with van der Waals surface area (Å²) in [7, 11) is 0. The van der Waals surface area contributed by atoms with Crippen molar-refractivity contribution < 1.29 is 13.2 Å². The van der Waals surface area contributed by atoms with Gasteiger partial charge in [-0.25, -0.2) is 4.68 Å². The van der Waals surface area contributed by atoms with Crippen molar-refractivity contribution in [1.82, 2.24) is 9.78 Å². The fraction of sp³-hybridized carbons (Fsp3) is 0.100. The number of anilines is 1. The molecule has 0 bridgehead atoms. The van der Waals surface area contributed by atoms with Gasteiger partial charge < -0.3 is 5.73 Å². The van der Waals surface area contributed by atoms with Crippen LogP contribution in [-0.2, 0) is 6.18 Å². The quantitative estimate of drug-likeness (QED) is 0.760. The normalized spacial score (nSPS) is 11.7. The maximum Gasteiger partial charge on any atom is 0.433 e. The van der Waals surface area contributed by atoms with Crippen LogP contribution in [0.2, 0.25) is 0 Å². The Bertz CT molecular complexity index is 502. The molecule has 0 fully saturated rings. The molecule has 1 aromatic carbocycles. The van der Waals surface area contributed by atoms with Crippen molar-refractivity contribution in [3.63, 3.8) is 0 Å². The summed E-state index contributed by atoms with van der Waals surface area (Å²) in [5.41, 5.74) is 5.22. The Morgan fingerprint density at radius 3 is 2.44 bits per heavy atom. The second-order valence-electron chi connectivity index (χ2n) is 3.18. The number of para-hydroxylation sites is 2. The number of benzene rings is 1. The van der Waals surface area contributed by atoms with Gasteiger partial charge in [0.1, 0.15) is 5.69 Å². The molecule has 0 aliphatic rings. The van der Waals surface area contributed by atoms with Crippen LogP contribution in [0.1, 0.15) is 5.69 Å². The van der Waals surface area contributed by atoms with Crippen molar-refractivity contribution in [2.24, 2.45) is 0 Å². The molecule has 0 aliphatic heterocycles. The maximum atomic E-state index is 12.6. The van der Waals surface area contributed by atoms with Crippen molar-refractivity contribution >= 4 is 5.69 Å². The van der Waals surface area contributed by atoms with Gasteiger partial charge in [0.2, 0.25) is 0 Å². The van der Waals surface area contributed by atoms with Crippen LogP contribution in [-0.4, -0.2) is 9.78 Å². The van der Waals surface area contributed by atoms with E-state index in [1.807, 2.05) is 0 Å². The van der Waals surface area contributed by atoms with E-state index in [4.69, 9.17) is 5.73 Å². The van der Waals surface area contributed by atoms with Gasteiger partial charge in [-0.15, -0.1) is 0 Å². The molecule has 84 valence electrons. The smallest absolute Gasteiger partial charge is 0.397 e. The lowest BCUT2D eigenvalue weighted by molar-refractivity contribution is -0.142. The number of rotatable bonds is 1. The first-order chi connectivity index (χ1) is 7.50. The van der Waals surface area contributed by atoms with E-state index in [9.17, 15) is 13.2 Å². The first-order valence-electron chi connectivity index (χ1n) is 4.46. The Morgan fingerprint density at radius 2 is 1.81 bits per heavy atom. The molecule has 2 aromatic rings. The third-order valence-corrected chi connectivity index (χ3v) is 2.10. The number of halogens is 3. The van der Waals surface area contributed by atoms with E-state index in [0.717, 1.165) is 16.9 Å². The molecule has 0 aliphatic carbocycles. The summed E-state index contributed by atoms with van der Waals surface area (Å²) in [5.74, 6) is 0. The van der Waals surface area contributed by atoms with E-state index in [-0.39, 0.29) is 11.4 Å². The van der Waals surface area contributed by atoms with Gasteiger partial charge in [0.15, 0.2) is 0 Å². The maximum absolute atomic E-state index is 12.6. The molecule has 0 saturated heterocycles. The fourth-order valence-electron chi connectivity index (χ4n) is 1.39. The number of nitrogens with zero attached hydrogens (tertiary/aromatic N) is 2. The summed E-state index contributed by atoms with van der Waals surface area (Å²) < 4.78 is 38.6. The highest BCUT2D eigenvalue weighted by Gasteiger charge is 2.35. The van der Waals surface area contributed by atoms with E-state index in [1.54, 1.807) is 12.1 Å². The summed E-state index contributed by atoms with van der Waals surface area (Å²) in [6, 6.07) is 7.17. The molecule has 1 aromatic heterocycles. The van der Waals surface area contributed by atoms with Crippen molar-refractivity contribution in [1.29, 1.82) is 0 Å². The minimum Gasteiger partial charge on any atom is -0.397 e. The average Bonchev–Trinajstić information content (AvgIpc) is 2.66. The Kier molecular flexibility index (Phi) is 2.34. The third kappa shape index (κ3) is 1.73. The first kappa shape index (κ1) is 10.5. The zero-order valence-electron chi connectivity index (χ0n) is 8.07. The van der Waals surface area contributed by atoms with E-state index in [1.165, 1.54) is 12.1 Å². The highest BCUT2D eigenvalue weighted by Crippen LogP contribution is 2.31. The van der Waals surface area contributed by atoms with Gasteiger partial charge in [-0.05, 0) is 18.2 Å². The topological polar surface area (TPSA) is 43.8 Å². The van der Waals surface area contributed by atoms with E-state index >= 15 is 0 Å². The summed E-state index contributed by atoms with van der Waals surface area (Å²) in [4.78, 5) is 0. The minimum absolute atomic E-state index is 0.222. The van der Waals surface area contributed by atoms with Gasteiger partial charge in [-0.1, -0.05) is 12.1 Å². The number of hydrogen-bond acceptors (Lipinski definition) is 2. The molecular formula is C10H8F3N3. The molecule has 0 unspecified atom stereocenters. The van der Waals surface area contributed by atoms with Crippen LogP contribution in [0.3, 0.4) is 0 Å². The Morgan fingerprint density at radius 1 is 1.12 bits per heavy atom. The Balaban J connectivity index is 2.58. The van der Waals surface area contributed by atoms with Crippen LogP contribution in [0.5, 0.6) is 0 Å². The van der Waals surface area contributed by atoms with Gasteiger partial charge in [0.25, 0.3) is 0 Å². The van der Waals surface area contributed by atoms with Crippen molar-refractivity contribution in [2.75, 3.05) is 5.73 Å².